The van der Waals surface area contributed by atoms with Crippen LogP contribution in [0.5, 0.6) is 0 Å². The third-order valence-corrected chi connectivity index (χ3v) is 4.64. The largest absolute Gasteiger partial charge is 0.377 e. The first-order valence-electron chi connectivity index (χ1n) is 9.01. The molecular weight excluding hydrogens is 343 g/mol. The molecule has 0 radical (unpaired) electrons. The Hall–Kier alpha value is -2.99. The Bertz CT molecular complexity index is 890. The second-order valence-corrected chi connectivity index (χ2v) is 6.38. The van der Waals surface area contributed by atoms with E-state index in [0.717, 1.165) is 12.4 Å². The molecule has 0 aliphatic carbocycles. The maximum atomic E-state index is 13.8. The van der Waals surface area contributed by atoms with Crippen LogP contribution < -0.4 is 10.2 Å². The second-order valence-electron chi connectivity index (χ2n) is 6.38. The van der Waals surface area contributed by atoms with E-state index in [1.54, 1.807) is 18.3 Å². The van der Waals surface area contributed by atoms with Crippen LogP contribution in [0.4, 0.5) is 16.2 Å². The van der Waals surface area contributed by atoms with Gasteiger partial charge in [0.05, 0.1) is 19.3 Å². The molecule has 2 heterocycles. The van der Waals surface area contributed by atoms with Crippen LogP contribution in [-0.2, 0) is 11.3 Å². The molecule has 1 aliphatic rings. The van der Waals surface area contributed by atoms with Gasteiger partial charge in [-0.05, 0) is 17.7 Å². The molecule has 1 aromatic heterocycles. The number of ether oxygens (including phenoxy) is 1. The molecule has 1 aliphatic heterocycles. The van der Waals surface area contributed by atoms with Crippen molar-refractivity contribution < 1.29 is 9.13 Å². The Labute approximate surface area is 157 Å². The van der Waals surface area contributed by atoms with Crippen molar-refractivity contribution in [2.75, 3.05) is 30.0 Å². The number of nitrogens with one attached hydrogen (secondary N) is 1. The summed E-state index contributed by atoms with van der Waals surface area (Å²) in [5.74, 6) is 1.07. The molecule has 0 unspecified atom stereocenters. The maximum absolute atomic E-state index is 13.8. The Morgan fingerprint density at radius 3 is 2.74 bits per heavy atom. The SMILES string of the molecule is Fc1ccccc1CNc1nccc(N2CCOC[C@@H]2c2ccccc2)n1. The van der Waals surface area contributed by atoms with Crippen LogP contribution in [-0.4, -0.2) is 29.7 Å². The third kappa shape index (κ3) is 4.06. The van der Waals surface area contributed by atoms with Crippen molar-refractivity contribution in [2.45, 2.75) is 12.6 Å². The zero-order valence-electron chi connectivity index (χ0n) is 14.9. The fraction of sp³-hybridized carbons (Fsp3) is 0.238. The number of hydrogen-bond acceptors (Lipinski definition) is 5. The van der Waals surface area contributed by atoms with Crippen LogP contribution in [0.2, 0.25) is 0 Å². The standard InChI is InChI=1S/C21H21FN4O/c22-18-9-5-4-8-17(18)14-24-21-23-11-10-20(25-21)26-12-13-27-15-19(26)16-6-2-1-3-7-16/h1-11,19H,12-15H2,(H,23,24,25)/t19-/m1/s1. The van der Waals surface area contributed by atoms with Crippen LogP contribution in [0, 0.1) is 5.82 Å². The van der Waals surface area contributed by atoms with E-state index in [2.05, 4.69) is 32.3 Å². The summed E-state index contributed by atoms with van der Waals surface area (Å²) >= 11 is 0. The molecule has 0 saturated carbocycles. The normalized spacial score (nSPS) is 16.9. The lowest BCUT2D eigenvalue weighted by Crippen LogP contribution is -2.40. The van der Waals surface area contributed by atoms with Crippen molar-refractivity contribution in [1.29, 1.82) is 0 Å². The zero-order valence-corrected chi connectivity index (χ0v) is 14.9. The molecule has 6 heteroatoms. The van der Waals surface area contributed by atoms with E-state index in [-0.39, 0.29) is 11.9 Å². The number of nitrogens with zero attached hydrogens (tertiary/aromatic N) is 3. The van der Waals surface area contributed by atoms with E-state index >= 15 is 0 Å². The van der Waals surface area contributed by atoms with E-state index < -0.39 is 0 Å². The Morgan fingerprint density at radius 2 is 1.89 bits per heavy atom. The van der Waals surface area contributed by atoms with Gasteiger partial charge in [0.1, 0.15) is 11.6 Å². The van der Waals surface area contributed by atoms with Crippen LogP contribution in [0.3, 0.4) is 0 Å². The van der Waals surface area contributed by atoms with Gasteiger partial charge in [-0.15, -0.1) is 0 Å². The number of anilines is 2. The zero-order chi connectivity index (χ0) is 18.5. The molecule has 1 N–H and O–H groups in total. The summed E-state index contributed by atoms with van der Waals surface area (Å²) < 4.78 is 19.5. The highest BCUT2D eigenvalue weighted by Crippen LogP contribution is 2.28. The first-order chi connectivity index (χ1) is 13.3. The minimum atomic E-state index is -0.238. The molecule has 0 bridgehead atoms. The molecule has 1 atom stereocenters. The molecule has 2 aromatic carbocycles. The van der Waals surface area contributed by atoms with Crippen LogP contribution in [0.25, 0.3) is 0 Å². The fourth-order valence-corrected chi connectivity index (χ4v) is 3.24. The highest BCUT2D eigenvalue weighted by Gasteiger charge is 2.25. The van der Waals surface area contributed by atoms with E-state index in [9.17, 15) is 4.39 Å². The van der Waals surface area contributed by atoms with Crippen molar-refractivity contribution in [3.8, 4) is 0 Å². The fourth-order valence-electron chi connectivity index (χ4n) is 3.24. The van der Waals surface area contributed by atoms with Crippen molar-refractivity contribution in [2.24, 2.45) is 0 Å². The number of halogens is 1. The first-order valence-corrected chi connectivity index (χ1v) is 9.01. The van der Waals surface area contributed by atoms with Crippen molar-refractivity contribution in [1.82, 2.24) is 9.97 Å². The minimum Gasteiger partial charge on any atom is -0.377 e. The summed E-state index contributed by atoms with van der Waals surface area (Å²) in [6.07, 6.45) is 1.73. The lowest BCUT2D eigenvalue weighted by atomic mass is 10.1. The number of rotatable bonds is 5. The van der Waals surface area contributed by atoms with Gasteiger partial charge >= 0.3 is 0 Å². The number of morpholine rings is 1. The van der Waals surface area contributed by atoms with Gasteiger partial charge < -0.3 is 15.0 Å². The molecule has 1 saturated heterocycles. The lowest BCUT2D eigenvalue weighted by Gasteiger charge is -2.36. The van der Waals surface area contributed by atoms with Gasteiger partial charge in [-0.25, -0.2) is 9.37 Å². The third-order valence-electron chi connectivity index (χ3n) is 4.64. The second kappa shape index (κ2) is 8.14. The molecular formula is C21H21FN4O. The smallest absolute Gasteiger partial charge is 0.224 e. The molecule has 138 valence electrons. The van der Waals surface area contributed by atoms with Gasteiger partial charge in [0.25, 0.3) is 0 Å². The van der Waals surface area contributed by atoms with Crippen molar-refractivity contribution in [3.05, 3.63) is 83.8 Å². The van der Waals surface area contributed by atoms with E-state index in [0.29, 0.717) is 31.3 Å². The van der Waals surface area contributed by atoms with Gasteiger partial charge in [0.15, 0.2) is 0 Å². The monoisotopic (exact) mass is 364 g/mol. The highest BCUT2D eigenvalue weighted by atomic mass is 19.1. The molecule has 4 rings (SSSR count). The number of hydrogen-bond donors (Lipinski definition) is 1. The number of benzene rings is 2. The molecule has 0 amide bonds. The van der Waals surface area contributed by atoms with Gasteiger partial charge in [-0.1, -0.05) is 48.5 Å². The molecule has 27 heavy (non-hydrogen) atoms. The Kier molecular flexibility index (Phi) is 5.25. The summed E-state index contributed by atoms with van der Waals surface area (Å²) in [5, 5.41) is 3.12. The average Bonchev–Trinajstić information content (AvgIpc) is 2.74. The predicted molar refractivity (Wildman–Crippen MR) is 103 cm³/mol. The van der Waals surface area contributed by atoms with Gasteiger partial charge in [-0.2, -0.15) is 4.98 Å². The van der Waals surface area contributed by atoms with Crippen LogP contribution in [0.15, 0.2) is 66.9 Å². The number of aromatic nitrogens is 2. The summed E-state index contributed by atoms with van der Waals surface area (Å²) in [5.41, 5.74) is 1.77. The maximum Gasteiger partial charge on any atom is 0.224 e. The van der Waals surface area contributed by atoms with Crippen molar-refractivity contribution in [3.63, 3.8) is 0 Å². The molecule has 0 spiro atoms. The summed E-state index contributed by atoms with van der Waals surface area (Å²) in [7, 11) is 0. The van der Waals surface area contributed by atoms with E-state index in [1.807, 2.05) is 30.3 Å². The Morgan fingerprint density at radius 1 is 1.07 bits per heavy atom. The first kappa shape index (κ1) is 17.4. The van der Waals surface area contributed by atoms with E-state index in [1.165, 1.54) is 11.6 Å². The lowest BCUT2D eigenvalue weighted by molar-refractivity contribution is 0.0937. The highest BCUT2D eigenvalue weighted by molar-refractivity contribution is 5.46. The van der Waals surface area contributed by atoms with Gasteiger partial charge in [-0.3, -0.25) is 0 Å². The molecule has 5 nitrogen and oxygen atoms in total. The summed E-state index contributed by atoms with van der Waals surface area (Å²) in [6, 6.07) is 19.0. The minimum absolute atomic E-state index is 0.106. The topological polar surface area (TPSA) is 50.3 Å². The average molecular weight is 364 g/mol. The van der Waals surface area contributed by atoms with Crippen LogP contribution >= 0.6 is 0 Å². The molecule has 1 fully saturated rings. The molecule has 3 aromatic rings. The Balaban J connectivity index is 1.53. The quantitative estimate of drug-likeness (QED) is 0.746. The summed E-state index contributed by atoms with van der Waals surface area (Å²) in [6.45, 7) is 2.36. The van der Waals surface area contributed by atoms with Crippen LogP contribution in [0.1, 0.15) is 17.2 Å². The van der Waals surface area contributed by atoms with Gasteiger partial charge in [0.2, 0.25) is 5.95 Å². The predicted octanol–water partition coefficient (Wildman–Crippen LogP) is 3.81. The summed E-state index contributed by atoms with van der Waals surface area (Å²) in [4.78, 5) is 11.1. The van der Waals surface area contributed by atoms with E-state index in [4.69, 9.17) is 4.74 Å². The van der Waals surface area contributed by atoms with Gasteiger partial charge in [0, 0.05) is 24.8 Å². The van der Waals surface area contributed by atoms with Crippen molar-refractivity contribution >= 4 is 11.8 Å².